The minimum Gasteiger partial charge on any atom is -0.353 e. The standard InChI is InChI=1S/C21H28FN5O2/c1-14-18(15(2)25-24-14)8-10-26(3)20(28)12-19-21(29)23-9-11-27(19)13-16-4-6-17(22)7-5-16/h4-7,19H,8-13H2,1-3H3,(H,23,29)(H,24,25). The van der Waals surface area contributed by atoms with Gasteiger partial charge < -0.3 is 10.2 Å². The van der Waals surface area contributed by atoms with Crippen LogP contribution in [0.15, 0.2) is 24.3 Å². The Labute approximate surface area is 170 Å². The Morgan fingerprint density at radius 3 is 2.69 bits per heavy atom. The molecule has 2 heterocycles. The van der Waals surface area contributed by atoms with E-state index in [2.05, 4.69) is 15.5 Å². The maximum absolute atomic E-state index is 13.2. The van der Waals surface area contributed by atoms with Gasteiger partial charge in [-0.15, -0.1) is 0 Å². The molecule has 1 aromatic heterocycles. The lowest BCUT2D eigenvalue weighted by atomic mass is 10.1. The van der Waals surface area contributed by atoms with Crippen LogP contribution in [0.25, 0.3) is 0 Å². The first-order chi connectivity index (χ1) is 13.8. The number of likely N-dealkylation sites (N-methyl/N-ethyl adjacent to an activating group) is 1. The van der Waals surface area contributed by atoms with Crippen molar-refractivity contribution in [3.63, 3.8) is 0 Å². The summed E-state index contributed by atoms with van der Waals surface area (Å²) in [6, 6.07) is 5.71. The highest BCUT2D eigenvalue weighted by Crippen LogP contribution is 2.16. The Morgan fingerprint density at radius 2 is 2.03 bits per heavy atom. The fourth-order valence-electron chi connectivity index (χ4n) is 3.67. The molecule has 0 spiro atoms. The van der Waals surface area contributed by atoms with E-state index in [9.17, 15) is 14.0 Å². The van der Waals surface area contributed by atoms with Crippen molar-refractivity contribution in [2.45, 2.75) is 39.3 Å². The molecule has 29 heavy (non-hydrogen) atoms. The number of piperazine rings is 1. The second kappa shape index (κ2) is 9.17. The highest BCUT2D eigenvalue weighted by molar-refractivity contribution is 5.88. The van der Waals surface area contributed by atoms with E-state index in [1.807, 2.05) is 18.7 Å². The summed E-state index contributed by atoms with van der Waals surface area (Å²) in [4.78, 5) is 28.9. The Bertz CT molecular complexity index is 845. The van der Waals surface area contributed by atoms with Crippen molar-refractivity contribution in [3.05, 3.63) is 52.6 Å². The largest absolute Gasteiger partial charge is 0.353 e. The second-order valence-corrected chi connectivity index (χ2v) is 7.59. The van der Waals surface area contributed by atoms with Gasteiger partial charge in [-0.2, -0.15) is 5.10 Å². The zero-order valence-corrected chi connectivity index (χ0v) is 17.2. The second-order valence-electron chi connectivity index (χ2n) is 7.59. The number of aryl methyl sites for hydroxylation is 2. The van der Waals surface area contributed by atoms with E-state index in [1.54, 1.807) is 24.1 Å². The van der Waals surface area contributed by atoms with E-state index in [1.165, 1.54) is 12.1 Å². The van der Waals surface area contributed by atoms with Gasteiger partial charge in [0.1, 0.15) is 5.82 Å². The van der Waals surface area contributed by atoms with Crippen LogP contribution < -0.4 is 5.32 Å². The zero-order chi connectivity index (χ0) is 21.0. The zero-order valence-electron chi connectivity index (χ0n) is 17.2. The summed E-state index contributed by atoms with van der Waals surface area (Å²) in [7, 11) is 1.76. The van der Waals surface area contributed by atoms with Crippen molar-refractivity contribution in [2.24, 2.45) is 0 Å². The van der Waals surface area contributed by atoms with Crippen LogP contribution in [0.5, 0.6) is 0 Å². The molecule has 1 aromatic carbocycles. The summed E-state index contributed by atoms with van der Waals surface area (Å²) in [6.07, 6.45) is 0.833. The van der Waals surface area contributed by atoms with Gasteiger partial charge in [0.25, 0.3) is 0 Å². The van der Waals surface area contributed by atoms with E-state index in [4.69, 9.17) is 0 Å². The Hall–Kier alpha value is -2.74. The van der Waals surface area contributed by atoms with Gasteiger partial charge in [-0.3, -0.25) is 19.6 Å². The average Bonchev–Trinajstić information content (AvgIpc) is 3.02. The van der Waals surface area contributed by atoms with Crippen LogP contribution in [0.3, 0.4) is 0 Å². The van der Waals surface area contributed by atoms with Gasteiger partial charge in [0.15, 0.2) is 0 Å². The van der Waals surface area contributed by atoms with Crippen molar-refractivity contribution in [1.29, 1.82) is 0 Å². The van der Waals surface area contributed by atoms with Crippen LogP contribution in [0, 0.1) is 19.7 Å². The summed E-state index contributed by atoms with van der Waals surface area (Å²) >= 11 is 0. The van der Waals surface area contributed by atoms with Crippen molar-refractivity contribution in [2.75, 3.05) is 26.7 Å². The lowest BCUT2D eigenvalue weighted by molar-refractivity contribution is -0.138. The number of carbonyl (C=O) groups is 2. The fraction of sp³-hybridized carbons (Fsp3) is 0.476. The molecule has 0 aliphatic carbocycles. The normalized spacial score (nSPS) is 17.2. The van der Waals surface area contributed by atoms with Crippen LogP contribution >= 0.6 is 0 Å². The number of amides is 2. The van der Waals surface area contributed by atoms with Crippen LogP contribution in [-0.2, 0) is 22.6 Å². The molecule has 0 saturated carbocycles. The maximum Gasteiger partial charge on any atom is 0.237 e. The lowest BCUT2D eigenvalue weighted by Crippen LogP contribution is -2.56. The SMILES string of the molecule is Cc1n[nH]c(C)c1CCN(C)C(=O)CC1C(=O)NCCN1Cc1ccc(F)cc1. The molecule has 2 N–H and O–H groups in total. The third-order valence-electron chi connectivity index (χ3n) is 5.51. The van der Waals surface area contributed by atoms with Gasteiger partial charge in [0, 0.05) is 38.9 Å². The molecule has 2 aromatic rings. The van der Waals surface area contributed by atoms with E-state index in [0.29, 0.717) is 32.6 Å². The predicted octanol–water partition coefficient (Wildman–Crippen LogP) is 1.56. The molecule has 1 aliphatic rings. The molecular weight excluding hydrogens is 373 g/mol. The number of hydrogen-bond acceptors (Lipinski definition) is 4. The van der Waals surface area contributed by atoms with Gasteiger partial charge in [-0.05, 0) is 43.5 Å². The van der Waals surface area contributed by atoms with Crippen molar-refractivity contribution < 1.29 is 14.0 Å². The minimum atomic E-state index is -0.527. The van der Waals surface area contributed by atoms with Crippen LogP contribution in [-0.4, -0.2) is 64.5 Å². The summed E-state index contributed by atoms with van der Waals surface area (Å²) in [5.41, 5.74) is 4.00. The molecule has 7 nitrogen and oxygen atoms in total. The first kappa shape index (κ1) is 21.0. The molecule has 1 saturated heterocycles. The van der Waals surface area contributed by atoms with Crippen molar-refractivity contribution in [1.82, 2.24) is 25.3 Å². The van der Waals surface area contributed by atoms with E-state index >= 15 is 0 Å². The number of aromatic nitrogens is 2. The Balaban J connectivity index is 1.60. The number of rotatable bonds is 7. The number of hydrogen-bond donors (Lipinski definition) is 2. The van der Waals surface area contributed by atoms with E-state index in [0.717, 1.165) is 22.5 Å². The summed E-state index contributed by atoms with van der Waals surface area (Å²) in [5.74, 6) is -0.502. The van der Waals surface area contributed by atoms with Gasteiger partial charge in [-0.25, -0.2) is 4.39 Å². The highest BCUT2D eigenvalue weighted by atomic mass is 19.1. The summed E-state index contributed by atoms with van der Waals surface area (Å²) < 4.78 is 13.2. The molecule has 1 aliphatic heterocycles. The van der Waals surface area contributed by atoms with Gasteiger partial charge in [0.2, 0.25) is 11.8 Å². The average molecular weight is 401 g/mol. The van der Waals surface area contributed by atoms with Gasteiger partial charge >= 0.3 is 0 Å². The Morgan fingerprint density at radius 1 is 1.31 bits per heavy atom. The monoisotopic (exact) mass is 401 g/mol. The molecule has 1 atom stereocenters. The summed E-state index contributed by atoms with van der Waals surface area (Å²) in [6.45, 7) is 6.17. The first-order valence-corrected chi connectivity index (χ1v) is 9.85. The molecule has 2 amide bonds. The smallest absolute Gasteiger partial charge is 0.237 e. The number of nitrogens with zero attached hydrogens (tertiary/aromatic N) is 3. The number of carbonyl (C=O) groups excluding carboxylic acids is 2. The van der Waals surface area contributed by atoms with E-state index in [-0.39, 0.29) is 24.1 Å². The number of benzene rings is 1. The summed E-state index contributed by atoms with van der Waals surface area (Å²) in [5, 5.41) is 9.99. The first-order valence-electron chi connectivity index (χ1n) is 9.85. The molecule has 156 valence electrons. The van der Waals surface area contributed by atoms with Crippen molar-refractivity contribution >= 4 is 11.8 Å². The quantitative estimate of drug-likeness (QED) is 0.738. The van der Waals surface area contributed by atoms with Gasteiger partial charge in [0.05, 0.1) is 18.2 Å². The van der Waals surface area contributed by atoms with E-state index < -0.39 is 6.04 Å². The predicted molar refractivity (Wildman–Crippen MR) is 108 cm³/mol. The minimum absolute atomic E-state index is 0.0741. The molecule has 8 heteroatoms. The third-order valence-corrected chi connectivity index (χ3v) is 5.51. The molecule has 0 bridgehead atoms. The highest BCUT2D eigenvalue weighted by Gasteiger charge is 2.32. The number of halogens is 1. The lowest BCUT2D eigenvalue weighted by Gasteiger charge is -2.35. The molecule has 0 radical (unpaired) electrons. The number of aromatic amines is 1. The van der Waals surface area contributed by atoms with Crippen LogP contribution in [0.2, 0.25) is 0 Å². The Kier molecular flexibility index (Phi) is 6.64. The topological polar surface area (TPSA) is 81.3 Å². The number of nitrogens with one attached hydrogen (secondary N) is 2. The van der Waals surface area contributed by atoms with Crippen molar-refractivity contribution in [3.8, 4) is 0 Å². The third kappa shape index (κ3) is 5.20. The maximum atomic E-state index is 13.2. The molecular formula is C21H28FN5O2. The van der Waals surface area contributed by atoms with Crippen LogP contribution in [0.1, 0.15) is 28.9 Å². The van der Waals surface area contributed by atoms with Gasteiger partial charge in [-0.1, -0.05) is 12.1 Å². The molecule has 3 rings (SSSR count). The van der Waals surface area contributed by atoms with Crippen LogP contribution in [0.4, 0.5) is 4.39 Å². The number of H-pyrrole nitrogens is 1. The fourth-order valence-corrected chi connectivity index (χ4v) is 3.67. The molecule has 1 unspecified atom stereocenters. The molecule has 1 fully saturated rings.